The molecule has 0 amide bonds. The number of nitrogen functional groups attached to an aromatic ring is 1. The molecule has 0 saturated heterocycles. The van der Waals surface area contributed by atoms with E-state index in [0.29, 0.717) is 5.82 Å². The van der Waals surface area contributed by atoms with E-state index in [1.807, 2.05) is 0 Å². The van der Waals surface area contributed by atoms with Gasteiger partial charge in [-0.25, -0.2) is 9.37 Å². The first-order valence-electron chi connectivity index (χ1n) is 9.01. The van der Waals surface area contributed by atoms with Crippen LogP contribution in [0.25, 0.3) is 10.9 Å². The first kappa shape index (κ1) is 21.8. The minimum absolute atomic E-state index is 0.00638. The van der Waals surface area contributed by atoms with Gasteiger partial charge in [0.1, 0.15) is 17.2 Å². The number of fused-ring (bicyclic) bond motifs is 1. The van der Waals surface area contributed by atoms with Gasteiger partial charge < -0.3 is 20.9 Å². The monoisotopic (exact) mass is 394 g/mol. The Kier molecular flexibility index (Phi) is 6.73. The second kappa shape index (κ2) is 8.66. The summed E-state index contributed by atoms with van der Waals surface area (Å²) in [4.78, 5) is 29.5. The molecule has 9 heteroatoms. The maximum atomic E-state index is 13.6. The molecule has 0 aliphatic rings. The highest BCUT2D eigenvalue weighted by Crippen LogP contribution is 2.22. The predicted octanol–water partition coefficient (Wildman–Crippen LogP) is 2.02. The number of carbonyl (C=O) groups excluding carboxylic acids is 1. The topological polar surface area (TPSA) is 122 Å². The number of carbonyl (C=O) groups is 1. The Morgan fingerprint density at radius 3 is 2.64 bits per heavy atom. The van der Waals surface area contributed by atoms with Crippen molar-refractivity contribution in [2.45, 2.75) is 52.2 Å². The maximum Gasteiger partial charge on any atom is 0.306 e. The molecule has 2 rings (SSSR count). The molecule has 0 saturated carbocycles. The number of hydrogen-bond acceptors (Lipinski definition) is 7. The first-order chi connectivity index (χ1) is 13.0. The average Bonchev–Trinajstić information content (AvgIpc) is 2.53. The molecule has 1 aromatic carbocycles. The standard InChI is InChI=1S/C19H27FN4O4/c1-11-23-15-8-12(20)7-14(22)17(15)18(26)24(11)13(9-27-10-21)5-6-16(25)28-19(2,3)4/h7-8,13H,5-6,9-10,21-22H2,1-4H3/t13-/m0/s1. The highest BCUT2D eigenvalue weighted by atomic mass is 19.1. The normalized spacial score (nSPS) is 12.9. The summed E-state index contributed by atoms with van der Waals surface area (Å²) in [7, 11) is 0. The maximum absolute atomic E-state index is 13.6. The fourth-order valence-electron chi connectivity index (χ4n) is 3.03. The van der Waals surface area contributed by atoms with Crippen molar-refractivity contribution in [3.63, 3.8) is 0 Å². The van der Waals surface area contributed by atoms with Crippen molar-refractivity contribution in [1.82, 2.24) is 9.55 Å². The number of benzene rings is 1. The molecule has 1 heterocycles. The number of hydrogen-bond donors (Lipinski definition) is 2. The van der Waals surface area contributed by atoms with Crippen molar-refractivity contribution in [3.8, 4) is 0 Å². The molecular formula is C19H27FN4O4. The van der Waals surface area contributed by atoms with E-state index in [0.717, 1.165) is 12.1 Å². The van der Waals surface area contributed by atoms with Crippen LogP contribution >= 0.6 is 0 Å². The second-order valence-electron chi connectivity index (χ2n) is 7.54. The molecule has 0 fully saturated rings. The molecule has 1 aromatic heterocycles. The minimum Gasteiger partial charge on any atom is -0.460 e. The second-order valence-corrected chi connectivity index (χ2v) is 7.54. The highest BCUT2D eigenvalue weighted by molar-refractivity contribution is 5.89. The average molecular weight is 394 g/mol. The molecule has 0 radical (unpaired) electrons. The van der Waals surface area contributed by atoms with Crippen molar-refractivity contribution in [2.24, 2.45) is 5.73 Å². The molecule has 4 N–H and O–H groups in total. The zero-order valence-electron chi connectivity index (χ0n) is 16.6. The van der Waals surface area contributed by atoms with Crippen LogP contribution in [0.2, 0.25) is 0 Å². The number of anilines is 1. The fourth-order valence-corrected chi connectivity index (χ4v) is 3.03. The molecule has 2 aromatic rings. The number of aryl methyl sites for hydroxylation is 1. The van der Waals surface area contributed by atoms with Gasteiger partial charge in [-0.3, -0.25) is 14.2 Å². The number of esters is 1. The summed E-state index contributed by atoms with van der Waals surface area (Å²) in [6, 6.07) is 1.73. The van der Waals surface area contributed by atoms with E-state index in [1.165, 1.54) is 4.57 Å². The van der Waals surface area contributed by atoms with E-state index < -0.39 is 23.0 Å². The fraction of sp³-hybridized carbons (Fsp3) is 0.526. The van der Waals surface area contributed by atoms with E-state index in [4.69, 9.17) is 20.9 Å². The van der Waals surface area contributed by atoms with Crippen LogP contribution in [0.5, 0.6) is 0 Å². The van der Waals surface area contributed by atoms with Crippen LogP contribution in [0, 0.1) is 12.7 Å². The van der Waals surface area contributed by atoms with Gasteiger partial charge in [0.2, 0.25) is 0 Å². The van der Waals surface area contributed by atoms with Crippen LogP contribution < -0.4 is 17.0 Å². The van der Waals surface area contributed by atoms with Crippen LogP contribution in [-0.2, 0) is 14.3 Å². The van der Waals surface area contributed by atoms with E-state index in [2.05, 4.69) is 4.98 Å². The number of halogens is 1. The Morgan fingerprint density at radius 1 is 1.36 bits per heavy atom. The molecule has 0 unspecified atom stereocenters. The van der Waals surface area contributed by atoms with Gasteiger partial charge in [-0.05, 0) is 40.2 Å². The molecule has 1 atom stereocenters. The van der Waals surface area contributed by atoms with Gasteiger partial charge in [-0.15, -0.1) is 0 Å². The third-order valence-electron chi connectivity index (χ3n) is 4.07. The number of aromatic nitrogens is 2. The molecule has 28 heavy (non-hydrogen) atoms. The number of nitrogens with zero attached hydrogens (tertiary/aromatic N) is 2. The Balaban J connectivity index is 2.41. The SMILES string of the molecule is Cc1nc2cc(F)cc(N)c2c(=O)n1[C@@H](CCC(=O)OC(C)(C)C)COCN. The summed E-state index contributed by atoms with van der Waals surface area (Å²) in [6.45, 7) is 7.04. The van der Waals surface area contributed by atoms with Gasteiger partial charge in [0.05, 0.1) is 30.3 Å². The zero-order valence-corrected chi connectivity index (χ0v) is 16.6. The van der Waals surface area contributed by atoms with Crippen LogP contribution in [0.15, 0.2) is 16.9 Å². The van der Waals surface area contributed by atoms with Crippen LogP contribution in [0.3, 0.4) is 0 Å². The van der Waals surface area contributed by atoms with Gasteiger partial charge in [0, 0.05) is 18.2 Å². The lowest BCUT2D eigenvalue weighted by atomic mass is 10.1. The van der Waals surface area contributed by atoms with E-state index in [1.54, 1.807) is 27.7 Å². The Hall–Kier alpha value is -2.52. The molecule has 154 valence electrons. The third kappa shape index (κ3) is 5.26. The van der Waals surface area contributed by atoms with Gasteiger partial charge in [0.15, 0.2) is 0 Å². The van der Waals surface area contributed by atoms with E-state index in [9.17, 15) is 14.0 Å². The highest BCUT2D eigenvalue weighted by Gasteiger charge is 2.22. The lowest BCUT2D eigenvalue weighted by Crippen LogP contribution is -2.32. The molecule has 0 aliphatic heterocycles. The first-order valence-corrected chi connectivity index (χ1v) is 9.01. The summed E-state index contributed by atoms with van der Waals surface area (Å²) in [5.74, 6) is -0.592. The summed E-state index contributed by atoms with van der Waals surface area (Å²) < 4.78 is 25.7. The number of nitrogens with two attached hydrogens (primary N) is 2. The Labute approximate surface area is 162 Å². The third-order valence-corrected chi connectivity index (χ3v) is 4.07. The summed E-state index contributed by atoms with van der Waals surface area (Å²) >= 11 is 0. The van der Waals surface area contributed by atoms with Crippen LogP contribution in [0.4, 0.5) is 10.1 Å². The van der Waals surface area contributed by atoms with Gasteiger partial charge >= 0.3 is 5.97 Å². The van der Waals surface area contributed by atoms with Crippen LogP contribution in [0.1, 0.15) is 45.5 Å². The smallest absolute Gasteiger partial charge is 0.306 e. The van der Waals surface area contributed by atoms with Crippen molar-refractivity contribution in [1.29, 1.82) is 0 Å². The Bertz CT molecular complexity index is 921. The van der Waals surface area contributed by atoms with Crippen LogP contribution in [-0.4, -0.2) is 34.5 Å². The summed E-state index contributed by atoms with van der Waals surface area (Å²) in [5.41, 5.74) is 10.4. The summed E-state index contributed by atoms with van der Waals surface area (Å²) in [6.07, 6.45) is 0.364. The zero-order chi connectivity index (χ0) is 21.1. The van der Waals surface area contributed by atoms with Gasteiger partial charge in [-0.2, -0.15) is 0 Å². The quantitative estimate of drug-likeness (QED) is 0.418. The van der Waals surface area contributed by atoms with Gasteiger partial charge in [0.25, 0.3) is 5.56 Å². The van der Waals surface area contributed by atoms with E-state index >= 15 is 0 Å². The minimum atomic E-state index is -0.601. The molecule has 0 bridgehead atoms. The van der Waals surface area contributed by atoms with Crippen molar-refractivity contribution in [2.75, 3.05) is 19.1 Å². The predicted molar refractivity (Wildman–Crippen MR) is 104 cm³/mol. The Morgan fingerprint density at radius 2 is 2.04 bits per heavy atom. The number of ether oxygens (including phenoxy) is 2. The van der Waals surface area contributed by atoms with Crippen molar-refractivity contribution < 1.29 is 18.7 Å². The molecular weight excluding hydrogens is 367 g/mol. The lowest BCUT2D eigenvalue weighted by molar-refractivity contribution is -0.155. The largest absolute Gasteiger partial charge is 0.460 e. The van der Waals surface area contributed by atoms with Crippen molar-refractivity contribution in [3.05, 3.63) is 34.1 Å². The summed E-state index contributed by atoms with van der Waals surface area (Å²) in [5, 5.41) is 0.127. The van der Waals surface area contributed by atoms with Gasteiger partial charge in [-0.1, -0.05) is 0 Å². The van der Waals surface area contributed by atoms with Crippen molar-refractivity contribution >= 4 is 22.6 Å². The molecule has 8 nitrogen and oxygen atoms in total. The lowest BCUT2D eigenvalue weighted by Gasteiger charge is -2.23. The molecule has 0 aliphatic carbocycles. The molecule has 0 spiro atoms. The van der Waals surface area contributed by atoms with E-state index in [-0.39, 0.29) is 48.7 Å². The number of rotatable bonds is 7.